The van der Waals surface area contributed by atoms with Gasteiger partial charge in [-0.2, -0.15) is 0 Å². The van der Waals surface area contributed by atoms with E-state index in [1.54, 1.807) is 72.8 Å². The molecular weight excluding hydrogens is 686 g/mol. The van der Waals surface area contributed by atoms with Crippen LogP contribution in [-0.2, 0) is 9.59 Å². The lowest BCUT2D eigenvalue weighted by Gasteiger charge is -2.18. The van der Waals surface area contributed by atoms with Gasteiger partial charge in [0.2, 0.25) is 5.91 Å². The molecule has 260 valence electrons. The minimum Gasteiger partial charge on any atom is -0.496 e. The number of anilines is 2. The third-order valence-electron chi connectivity index (χ3n) is 7.69. The number of amides is 3. The van der Waals surface area contributed by atoms with E-state index < -0.39 is 17.1 Å². The number of nitrogens with one attached hydrogen (secondary N) is 3. The second kappa shape index (κ2) is 17.3. The highest BCUT2D eigenvalue weighted by molar-refractivity contribution is 8.00. The lowest BCUT2D eigenvalue weighted by atomic mass is 10.1. The van der Waals surface area contributed by atoms with Crippen molar-refractivity contribution in [1.29, 1.82) is 0 Å². The topological polar surface area (TPSA) is 115 Å². The Morgan fingerprint density at radius 3 is 2.02 bits per heavy atom. The first kappa shape index (κ1) is 36.6. The van der Waals surface area contributed by atoms with Crippen LogP contribution >= 0.6 is 23.4 Å². The van der Waals surface area contributed by atoms with Crippen LogP contribution < -0.4 is 30.2 Å². The molecule has 5 rings (SSSR count). The van der Waals surface area contributed by atoms with Crippen molar-refractivity contribution in [3.05, 3.63) is 148 Å². The van der Waals surface area contributed by atoms with Gasteiger partial charge in [-0.15, -0.1) is 11.8 Å². The summed E-state index contributed by atoms with van der Waals surface area (Å²) < 4.78 is 16.4. The van der Waals surface area contributed by atoms with Crippen molar-refractivity contribution in [1.82, 2.24) is 5.32 Å². The third-order valence-corrected chi connectivity index (χ3v) is 9.35. The molecule has 0 bridgehead atoms. The van der Waals surface area contributed by atoms with E-state index in [4.69, 9.17) is 25.8 Å². The van der Waals surface area contributed by atoms with E-state index in [0.717, 1.165) is 16.0 Å². The summed E-state index contributed by atoms with van der Waals surface area (Å²) in [5.74, 6) is -0.0721. The molecule has 3 N–H and O–H groups in total. The molecule has 0 saturated carbocycles. The largest absolute Gasteiger partial charge is 0.496 e. The molecule has 1 atom stereocenters. The summed E-state index contributed by atoms with van der Waals surface area (Å²) in [6.07, 6.45) is 1.50. The molecule has 0 saturated heterocycles. The summed E-state index contributed by atoms with van der Waals surface area (Å²) in [6, 6.07) is 33.8. The molecule has 3 amide bonds. The normalized spacial score (nSPS) is 11.6. The minimum atomic E-state index is -0.629. The van der Waals surface area contributed by atoms with Gasteiger partial charge in [-0.05, 0) is 72.7 Å². The SMILES string of the molecule is COc1cc(OC)c(OC)cc1/C=C(/NC(=O)c1ccccc1)C(=O)Nc1cccc(SC(C(=O)Nc2ccc(C)c(Cl)c2)c2ccccc2)c1. The summed E-state index contributed by atoms with van der Waals surface area (Å²) >= 11 is 7.64. The summed E-state index contributed by atoms with van der Waals surface area (Å²) in [6.45, 7) is 1.89. The molecule has 11 heteroatoms. The van der Waals surface area contributed by atoms with Crippen molar-refractivity contribution >= 4 is 58.5 Å². The van der Waals surface area contributed by atoms with E-state index >= 15 is 0 Å². The van der Waals surface area contributed by atoms with Gasteiger partial charge in [0.25, 0.3) is 11.8 Å². The Morgan fingerprint density at radius 2 is 1.35 bits per heavy atom. The summed E-state index contributed by atoms with van der Waals surface area (Å²) in [5.41, 5.74) is 3.51. The second-order valence-electron chi connectivity index (χ2n) is 11.2. The molecule has 9 nitrogen and oxygen atoms in total. The number of thioether (sulfide) groups is 1. The maximum Gasteiger partial charge on any atom is 0.272 e. The molecule has 0 aliphatic heterocycles. The van der Waals surface area contributed by atoms with Crippen LogP contribution in [0.4, 0.5) is 11.4 Å². The zero-order valence-corrected chi connectivity index (χ0v) is 29.9. The highest BCUT2D eigenvalue weighted by Crippen LogP contribution is 2.38. The highest BCUT2D eigenvalue weighted by atomic mass is 35.5. The number of benzene rings is 5. The van der Waals surface area contributed by atoms with Crippen molar-refractivity contribution in [3.63, 3.8) is 0 Å². The van der Waals surface area contributed by atoms with Crippen LogP contribution in [0, 0.1) is 6.92 Å². The number of hydrogen-bond donors (Lipinski definition) is 3. The number of methoxy groups -OCH3 is 3. The van der Waals surface area contributed by atoms with Gasteiger partial charge >= 0.3 is 0 Å². The number of hydrogen-bond acceptors (Lipinski definition) is 7. The van der Waals surface area contributed by atoms with Crippen molar-refractivity contribution in [2.45, 2.75) is 17.1 Å². The number of aryl methyl sites for hydroxylation is 1. The van der Waals surface area contributed by atoms with Gasteiger partial charge in [-0.1, -0.05) is 72.3 Å². The molecule has 0 radical (unpaired) electrons. The number of rotatable bonds is 13. The Kier molecular flexibility index (Phi) is 12.4. The smallest absolute Gasteiger partial charge is 0.272 e. The van der Waals surface area contributed by atoms with E-state index in [0.29, 0.717) is 44.8 Å². The first-order chi connectivity index (χ1) is 24.7. The Hall–Kier alpha value is -5.71. The number of carbonyl (C=O) groups is 3. The zero-order chi connectivity index (χ0) is 36.3. The first-order valence-corrected chi connectivity index (χ1v) is 17.0. The molecule has 0 aliphatic rings. The van der Waals surface area contributed by atoms with Crippen molar-refractivity contribution in [2.24, 2.45) is 0 Å². The fourth-order valence-corrected chi connectivity index (χ4v) is 6.29. The molecule has 51 heavy (non-hydrogen) atoms. The van der Waals surface area contributed by atoms with Crippen molar-refractivity contribution in [3.8, 4) is 17.2 Å². The van der Waals surface area contributed by atoms with Crippen LogP contribution in [0.15, 0.2) is 126 Å². The van der Waals surface area contributed by atoms with Crippen LogP contribution in [0.1, 0.15) is 32.3 Å². The lowest BCUT2D eigenvalue weighted by Crippen LogP contribution is -2.30. The standard InChI is InChI=1S/C40H36ClN3O6S/c1-25-18-19-30(23-32(25)41)43-40(47)37(26-12-7-5-8-13-26)51-31-17-11-16-29(22-31)42-39(46)33(44-38(45)27-14-9-6-10-15-27)20-28-21-35(49-3)36(50-4)24-34(28)48-2/h5-24,37H,1-4H3,(H,42,46)(H,43,47)(H,44,45)/b33-20+. The fourth-order valence-electron chi connectivity index (χ4n) is 5.02. The molecular formula is C40H36ClN3O6S. The maximum absolute atomic E-state index is 13.9. The predicted molar refractivity (Wildman–Crippen MR) is 203 cm³/mol. The molecule has 0 spiro atoms. The zero-order valence-electron chi connectivity index (χ0n) is 28.4. The number of ether oxygens (including phenoxy) is 3. The minimum absolute atomic E-state index is 0.0503. The third kappa shape index (κ3) is 9.50. The van der Waals surface area contributed by atoms with Gasteiger partial charge in [0.1, 0.15) is 16.7 Å². The van der Waals surface area contributed by atoms with Gasteiger partial charge in [0.15, 0.2) is 11.5 Å². The predicted octanol–water partition coefficient (Wildman–Crippen LogP) is 8.56. The molecule has 0 aliphatic carbocycles. The van der Waals surface area contributed by atoms with Crippen LogP contribution in [0.25, 0.3) is 6.08 Å². The monoisotopic (exact) mass is 721 g/mol. The molecule has 5 aromatic rings. The quantitative estimate of drug-likeness (QED) is 0.0825. The molecule has 5 aromatic carbocycles. The average Bonchev–Trinajstić information content (AvgIpc) is 3.15. The van der Waals surface area contributed by atoms with Crippen molar-refractivity contribution in [2.75, 3.05) is 32.0 Å². The van der Waals surface area contributed by atoms with Gasteiger partial charge in [-0.25, -0.2) is 0 Å². The van der Waals surface area contributed by atoms with Crippen LogP contribution in [0.3, 0.4) is 0 Å². The fraction of sp³-hybridized carbons (Fsp3) is 0.125. The van der Waals surface area contributed by atoms with E-state index in [2.05, 4.69) is 16.0 Å². The van der Waals surface area contributed by atoms with E-state index in [9.17, 15) is 14.4 Å². The van der Waals surface area contributed by atoms with Crippen LogP contribution in [0.2, 0.25) is 5.02 Å². The molecule has 0 heterocycles. The lowest BCUT2D eigenvalue weighted by molar-refractivity contribution is -0.116. The second-order valence-corrected chi connectivity index (χ2v) is 12.8. The van der Waals surface area contributed by atoms with Gasteiger partial charge in [0.05, 0.1) is 21.3 Å². The Balaban J connectivity index is 1.43. The molecule has 1 unspecified atom stereocenters. The summed E-state index contributed by atoms with van der Waals surface area (Å²) in [5, 5.41) is 8.55. The molecule has 0 fully saturated rings. The summed E-state index contributed by atoms with van der Waals surface area (Å²) in [4.78, 5) is 41.6. The van der Waals surface area contributed by atoms with Crippen molar-refractivity contribution < 1.29 is 28.6 Å². The van der Waals surface area contributed by atoms with Gasteiger partial charge < -0.3 is 30.2 Å². The van der Waals surface area contributed by atoms with Gasteiger partial charge in [0, 0.05) is 38.5 Å². The Morgan fingerprint density at radius 1 is 0.706 bits per heavy atom. The van der Waals surface area contributed by atoms with E-state index in [1.165, 1.54) is 39.2 Å². The molecule has 0 aromatic heterocycles. The Labute approximate surface area is 306 Å². The maximum atomic E-state index is 13.9. The Bertz CT molecular complexity index is 2060. The number of halogens is 1. The van der Waals surface area contributed by atoms with Gasteiger partial charge in [-0.3, -0.25) is 14.4 Å². The van der Waals surface area contributed by atoms with E-state index in [-0.39, 0.29) is 11.6 Å². The van der Waals surface area contributed by atoms with Crippen LogP contribution in [-0.4, -0.2) is 39.1 Å². The first-order valence-electron chi connectivity index (χ1n) is 15.8. The van der Waals surface area contributed by atoms with Crippen LogP contribution in [0.5, 0.6) is 17.2 Å². The van der Waals surface area contributed by atoms with E-state index in [1.807, 2.05) is 49.4 Å². The summed E-state index contributed by atoms with van der Waals surface area (Å²) in [7, 11) is 4.49. The number of carbonyl (C=O) groups excluding carboxylic acids is 3. The highest BCUT2D eigenvalue weighted by Gasteiger charge is 2.23. The average molecular weight is 722 g/mol.